The monoisotopic (exact) mass is 199 g/mol. The molecule has 0 heterocycles. The van der Waals surface area contributed by atoms with Crippen molar-refractivity contribution in [3.63, 3.8) is 0 Å². The minimum atomic E-state index is -0.752. The van der Waals surface area contributed by atoms with Crippen LogP contribution in [0.5, 0.6) is 0 Å². The van der Waals surface area contributed by atoms with Crippen molar-refractivity contribution in [1.29, 1.82) is 0 Å². The quantitative estimate of drug-likeness (QED) is 0.292. The molecule has 0 bridgehead atoms. The number of amides is 1. The minimum absolute atomic E-state index is 0.0497. The molecule has 14 heavy (non-hydrogen) atoms. The Kier molecular flexibility index (Phi) is 2.98. The number of nitrogens with zero attached hydrogens (tertiary/aromatic N) is 2. The molecule has 5 nitrogen and oxygen atoms in total. The van der Waals surface area contributed by atoms with E-state index in [-0.39, 0.29) is 11.7 Å². The molecular weight excluding hydrogens is 182 g/mol. The van der Waals surface area contributed by atoms with E-state index >= 15 is 0 Å². The van der Waals surface area contributed by atoms with Gasteiger partial charge in [0.15, 0.2) is 5.84 Å². The summed E-state index contributed by atoms with van der Waals surface area (Å²) in [5, 5.41) is 11.7. The highest BCUT2D eigenvalue weighted by atomic mass is 16.4. The van der Waals surface area contributed by atoms with Crippen molar-refractivity contribution in [2.24, 2.45) is 16.3 Å². The second-order valence-electron chi connectivity index (χ2n) is 3.97. The van der Waals surface area contributed by atoms with Gasteiger partial charge in [-0.05, 0) is 12.8 Å². The van der Waals surface area contributed by atoms with Crippen LogP contribution in [0.15, 0.2) is 5.16 Å². The van der Waals surface area contributed by atoms with Crippen LogP contribution < -0.4 is 5.73 Å². The highest BCUT2D eigenvalue weighted by Crippen LogP contribution is 2.39. The van der Waals surface area contributed by atoms with E-state index in [0.29, 0.717) is 12.8 Å². The van der Waals surface area contributed by atoms with E-state index in [4.69, 9.17) is 10.9 Å². The van der Waals surface area contributed by atoms with Crippen LogP contribution in [-0.2, 0) is 4.79 Å². The lowest BCUT2D eigenvalue weighted by atomic mass is 9.83. The van der Waals surface area contributed by atoms with Gasteiger partial charge in [-0.1, -0.05) is 18.0 Å². The van der Waals surface area contributed by atoms with Crippen molar-refractivity contribution < 1.29 is 10.0 Å². The number of oxime groups is 1. The zero-order chi connectivity index (χ0) is 10.8. The SMILES string of the molecule is CN(C)C(=O)C1(C(N)=NO)CCCC1. The molecule has 5 heteroatoms. The first kappa shape index (κ1) is 10.8. The molecule has 1 amide bonds. The van der Waals surface area contributed by atoms with Crippen LogP contribution >= 0.6 is 0 Å². The highest BCUT2D eigenvalue weighted by molar-refractivity contribution is 6.06. The third kappa shape index (κ3) is 1.54. The van der Waals surface area contributed by atoms with Gasteiger partial charge in [-0.3, -0.25) is 4.79 Å². The van der Waals surface area contributed by atoms with Crippen LogP contribution in [0.2, 0.25) is 0 Å². The average Bonchev–Trinajstić information content (AvgIpc) is 2.65. The van der Waals surface area contributed by atoms with Crippen LogP contribution in [0.25, 0.3) is 0 Å². The van der Waals surface area contributed by atoms with Gasteiger partial charge >= 0.3 is 0 Å². The van der Waals surface area contributed by atoms with Crippen molar-refractivity contribution in [2.75, 3.05) is 14.1 Å². The number of hydrogen-bond acceptors (Lipinski definition) is 3. The Balaban J connectivity index is 2.99. The maximum atomic E-state index is 11.9. The molecule has 3 N–H and O–H groups in total. The molecule has 0 unspecified atom stereocenters. The van der Waals surface area contributed by atoms with Crippen molar-refractivity contribution >= 4 is 11.7 Å². The molecule has 0 aromatic carbocycles. The van der Waals surface area contributed by atoms with E-state index in [1.807, 2.05) is 0 Å². The van der Waals surface area contributed by atoms with Gasteiger partial charge < -0.3 is 15.8 Å². The maximum Gasteiger partial charge on any atom is 0.236 e. The normalized spacial score (nSPS) is 20.9. The predicted molar refractivity (Wildman–Crippen MR) is 53.0 cm³/mol. The summed E-state index contributed by atoms with van der Waals surface area (Å²) in [7, 11) is 3.38. The number of carbonyl (C=O) groups excluding carboxylic acids is 1. The summed E-state index contributed by atoms with van der Waals surface area (Å²) in [6.07, 6.45) is 3.27. The van der Waals surface area contributed by atoms with Crippen LogP contribution in [-0.4, -0.2) is 35.9 Å². The van der Waals surface area contributed by atoms with Crippen molar-refractivity contribution in [3.05, 3.63) is 0 Å². The fourth-order valence-electron chi connectivity index (χ4n) is 2.08. The number of nitrogens with two attached hydrogens (primary N) is 1. The van der Waals surface area contributed by atoms with E-state index in [1.165, 1.54) is 4.90 Å². The van der Waals surface area contributed by atoms with Gasteiger partial charge in [-0.2, -0.15) is 0 Å². The van der Waals surface area contributed by atoms with Crippen LogP contribution in [0.3, 0.4) is 0 Å². The smallest absolute Gasteiger partial charge is 0.236 e. The van der Waals surface area contributed by atoms with Gasteiger partial charge in [0.2, 0.25) is 5.91 Å². The maximum absolute atomic E-state index is 11.9. The van der Waals surface area contributed by atoms with Crippen molar-refractivity contribution in [1.82, 2.24) is 4.90 Å². The Morgan fingerprint density at radius 2 is 1.93 bits per heavy atom. The summed E-state index contributed by atoms with van der Waals surface area (Å²) >= 11 is 0. The molecule has 1 rings (SSSR count). The van der Waals surface area contributed by atoms with Gasteiger partial charge in [0, 0.05) is 14.1 Å². The molecule has 1 fully saturated rings. The summed E-state index contributed by atoms with van der Waals surface area (Å²) in [6, 6.07) is 0. The van der Waals surface area contributed by atoms with E-state index in [1.54, 1.807) is 14.1 Å². The third-order valence-electron chi connectivity index (χ3n) is 2.87. The highest BCUT2D eigenvalue weighted by Gasteiger charge is 2.46. The van der Waals surface area contributed by atoms with Gasteiger partial charge in [0.05, 0.1) is 0 Å². The van der Waals surface area contributed by atoms with Crippen molar-refractivity contribution in [3.8, 4) is 0 Å². The second-order valence-corrected chi connectivity index (χ2v) is 3.97. The Hall–Kier alpha value is -1.26. The largest absolute Gasteiger partial charge is 0.409 e. The first-order valence-corrected chi connectivity index (χ1v) is 4.74. The summed E-state index contributed by atoms with van der Waals surface area (Å²) in [4.78, 5) is 13.4. The summed E-state index contributed by atoms with van der Waals surface area (Å²) in [5.41, 5.74) is 4.85. The topological polar surface area (TPSA) is 78.9 Å². The lowest BCUT2D eigenvalue weighted by Gasteiger charge is -2.28. The second kappa shape index (κ2) is 3.86. The van der Waals surface area contributed by atoms with Crippen LogP contribution in [0, 0.1) is 5.41 Å². The zero-order valence-electron chi connectivity index (χ0n) is 8.66. The standard InChI is InChI=1S/C9H17N3O2/c1-12(2)8(13)9(7(10)11-14)5-3-4-6-9/h14H,3-6H2,1-2H3,(H2,10,11). The first-order chi connectivity index (χ1) is 6.54. The Bertz CT molecular complexity index is 255. The molecule has 1 aliphatic rings. The zero-order valence-corrected chi connectivity index (χ0v) is 8.66. The fraction of sp³-hybridized carbons (Fsp3) is 0.778. The fourth-order valence-corrected chi connectivity index (χ4v) is 2.08. The molecule has 0 atom stereocenters. The molecule has 0 aromatic heterocycles. The summed E-state index contributed by atoms with van der Waals surface area (Å²) < 4.78 is 0. The first-order valence-electron chi connectivity index (χ1n) is 4.74. The van der Waals surface area contributed by atoms with Gasteiger partial charge in [-0.25, -0.2) is 0 Å². The molecule has 1 aliphatic carbocycles. The van der Waals surface area contributed by atoms with Crippen molar-refractivity contribution in [2.45, 2.75) is 25.7 Å². The van der Waals surface area contributed by atoms with E-state index in [9.17, 15) is 4.79 Å². The number of amidine groups is 1. The molecule has 80 valence electrons. The Morgan fingerprint density at radius 1 is 1.43 bits per heavy atom. The van der Waals surface area contributed by atoms with E-state index < -0.39 is 5.41 Å². The lowest BCUT2D eigenvalue weighted by molar-refractivity contribution is -0.135. The third-order valence-corrected chi connectivity index (χ3v) is 2.87. The Morgan fingerprint density at radius 3 is 2.29 bits per heavy atom. The molecule has 0 saturated heterocycles. The number of hydrogen-bond donors (Lipinski definition) is 2. The van der Waals surface area contributed by atoms with E-state index in [2.05, 4.69) is 5.16 Å². The van der Waals surface area contributed by atoms with Gasteiger partial charge in [0.1, 0.15) is 5.41 Å². The molecular formula is C9H17N3O2. The molecule has 1 saturated carbocycles. The Labute approximate surface area is 83.6 Å². The molecule has 0 aromatic rings. The summed E-state index contributed by atoms with van der Waals surface area (Å²) in [6.45, 7) is 0. The number of carbonyl (C=O) groups is 1. The minimum Gasteiger partial charge on any atom is -0.409 e. The summed E-state index contributed by atoms with van der Waals surface area (Å²) in [5.74, 6) is -0.0148. The average molecular weight is 199 g/mol. The number of rotatable bonds is 2. The predicted octanol–water partition coefficient (Wildman–Crippen LogP) is 0.381. The molecule has 0 radical (unpaired) electrons. The lowest BCUT2D eigenvalue weighted by Crippen LogP contribution is -2.47. The molecule has 0 spiro atoms. The molecule has 0 aliphatic heterocycles. The van der Waals surface area contributed by atoms with Gasteiger partial charge in [-0.15, -0.1) is 0 Å². The van der Waals surface area contributed by atoms with Crippen LogP contribution in [0.1, 0.15) is 25.7 Å². The van der Waals surface area contributed by atoms with Gasteiger partial charge in [0.25, 0.3) is 0 Å². The van der Waals surface area contributed by atoms with Crippen LogP contribution in [0.4, 0.5) is 0 Å². The van der Waals surface area contributed by atoms with E-state index in [0.717, 1.165) is 12.8 Å².